The van der Waals surface area contributed by atoms with Gasteiger partial charge in [0.05, 0.1) is 17.1 Å². The average Bonchev–Trinajstić information content (AvgIpc) is 2.63. The number of carbonyl (C=O) groups is 2. The number of aromatic nitrogens is 1. The van der Waals surface area contributed by atoms with Crippen molar-refractivity contribution in [2.75, 3.05) is 6.54 Å². The van der Waals surface area contributed by atoms with E-state index in [1.54, 1.807) is 5.32 Å². The lowest BCUT2D eigenvalue weighted by Gasteiger charge is -2.06. The van der Waals surface area contributed by atoms with Gasteiger partial charge in [0.2, 0.25) is 0 Å². The summed E-state index contributed by atoms with van der Waals surface area (Å²) in [6.07, 6.45) is -4.99. The fraction of sp³-hybridized carbons (Fsp3) is 0.444. The van der Waals surface area contributed by atoms with Crippen molar-refractivity contribution >= 4 is 23.2 Å². The summed E-state index contributed by atoms with van der Waals surface area (Å²) in [6.45, 7) is -0.196. The second-order valence-corrected chi connectivity index (χ2v) is 4.25. The Morgan fingerprint density at radius 2 is 2.11 bits per heavy atom. The number of nitrogens with one attached hydrogen (secondary N) is 1. The first kappa shape index (κ1) is 14.4. The fourth-order valence-corrected chi connectivity index (χ4v) is 1.88. The van der Waals surface area contributed by atoms with E-state index < -0.39 is 18.1 Å². The molecule has 2 N–H and O–H groups in total. The Labute approximate surface area is 104 Å². The second-order valence-electron chi connectivity index (χ2n) is 3.31. The number of amides is 1. The maximum atomic E-state index is 11.8. The number of halogens is 3. The SMILES string of the molecule is O=C(O)Cc1csc(CCNC(=O)C(F)(F)F)n1. The molecule has 0 atom stereocenters. The van der Waals surface area contributed by atoms with E-state index >= 15 is 0 Å². The Morgan fingerprint density at radius 3 is 2.67 bits per heavy atom. The predicted molar refractivity (Wildman–Crippen MR) is 56.2 cm³/mol. The van der Waals surface area contributed by atoms with E-state index in [2.05, 4.69) is 4.98 Å². The summed E-state index contributed by atoms with van der Waals surface area (Å²) in [5, 5.41) is 12.2. The van der Waals surface area contributed by atoms with Crippen LogP contribution in [0, 0.1) is 0 Å². The van der Waals surface area contributed by atoms with Gasteiger partial charge in [-0.05, 0) is 0 Å². The van der Waals surface area contributed by atoms with Crippen molar-refractivity contribution in [2.45, 2.75) is 19.0 Å². The van der Waals surface area contributed by atoms with Gasteiger partial charge in [-0.1, -0.05) is 0 Å². The number of carbonyl (C=O) groups excluding carboxylic acids is 1. The van der Waals surface area contributed by atoms with Crippen LogP contribution in [0.4, 0.5) is 13.2 Å². The van der Waals surface area contributed by atoms with Crippen molar-refractivity contribution < 1.29 is 27.9 Å². The fourth-order valence-electron chi connectivity index (χ4n) is 1.08. The van der Waals surface area contributed by atoms with Gasteiger partial charge in [0, 0.05) is 18.3 Å². The molecule has 5 nitrogen and oxygen atoms in total. The molecule has 0 unspecified atom stereocenters. The first-order valence-corrected chi connectivity index (χ1v) is 5.67. The van der Waals surface area contributed by atoms with Crippen molar-refractivity contribution in [3.63, 3.8) is 0 Å². The van der Waals surface area contributed by atoms with E-state index in [9.17, 15) is 22.8 Å². The van der Waals surface area contributed by atoms with Crippen LogP contribution in [0.25, 0.3) is 0 Å². The summed E-state index contributed by atoms with van der Waals surface area (Å²) in [5.74, 6) is -3.03. The number of carboxylic acids is 1. The highest BCUT2D eigenvalue weighted by Gasteiger charge is 2.38. The number of alkyl halides is 3. The van der Waals surface area contributed by atoms with E-state index in [1.165, 1.54) is 5.38 Å². The van der Waals surface area contributed by atoms with Gasteiger partial charge in [-0.15, -0.1) is 11.3 Å². The van der Waals surface area contributed by atoms with Gasteiger partial charge in [0.1, 0.15) is 0 Å². The van der Waals surface area contributed by atoms with E-state index in [4.69, 9.17) is 5.11 Å². The number of nitrogens with zero attached hydrogens (tertiary/aromatic N) is 1. The molecule has 100 valence electrons. The molecule has 1 aromatic rings. The molecule has 1 rings (SSSR count). The lowest BCUT2D eigenvalue weighted by molar-refractivity contribution is -0.173. The highest BCUT2D eigenvalue weighted by atomic mass is 32.1. The first-order chi connectivity index (χ1) is 8.29. The molecule has 0 radical (unpaired) electrons. The standard InChI is InChI=1S/C9H9F3N2O3S/c10-9(11,12)8(17)13-2-1-6-14-5(4-18-6)3-7(15)16/h4H,1-3H2,(H,13,17)(H,15,16). The zero-order valence-corrected chi connectivity index (χ0v) is 9.77. The minimum absolute atomic E-state index is 0.131. The van der Waals surface area contributed by atoms with Gasteiger partial charge in [0.15, 0.2) is 0 Å². The lowest BCUT2D eigenvalue weighted by Crippen LogP contribution is -2.37. The summed E-state index contributed by atoms with van der Waals surface area (Å²) in [5.41, 5.74) is 0.352. The topological polar surface area (TPSA) is 79.3 Å². The number of rotatable bonds is 5. The second kappa shape index (κ2) is 5.80. The normalized spacial score (nSPS) is 11.3. The molecule has 18 heavy (non-hydrogen) atoms. The van der Waals surface area contributed by atoms with Crippen LogP contribution in [0.3, 0.4) is 0 Å². The Kier molecular flexibility index (Phi) is 4.65. The first-order valence-electron chi connectivity index (χ1n) is 4.79. The largest absolute Gasteiger partial charge is 0.481 e. The highest BCUT2D eigenvalue weighted by Crippen LogP contribution is 2.14. The van der Waals surface area contributed by atoms with Gasteiger partial charge >= 0.3 is 18.1 Å². The van der Waals surface area contributed by atoms with E-state index in [0.717, 1.165) is 11.3 Å². The number of hydrogen-bond donors (Lipinski definition) is 2. The van der Waals surface area contributed by atoms with Crippen molar-refractivity contribution in [2.24, 2.45) is 0 Å². The third-order valence-electron chi connectivity index (χ3n) is 1.81. The Morgan fingerprint density at radius 1 is 1.44 bits per heavy atom. The molecule has 1 aromatic heterocycles. The third-order valence-corrected chi connectivity index (χ3v) is 2.77. The van der Waals surface area contributed by atoms with Crippen molar-refractivity contribution in [1.29, 1.82) is 0 Å². The highest BCUT2D eigenvalue weighted by molar-refractivity contribution is 7.09. The molecule has 0 aliphatic rings. The van der Waals surface area contributed by atoms with E-state index in [1.807, 2.05) is 0 Å². The van der Waals surface area contributed by atoms with Crippen LogP contribution < -0.4 is 5.32 Å². The van der Waals surface area contributed by atoms with E-state index in [-0.39, 0.29) is 19.4 Å². The summed E-state index contributed by atoms with van der Waals surface area (Å²) < 4.78 is 35.5. The monoisotopic (exact) mass is 282 g/mol. The Bertz CT molecular complexity index is 445. The quantitative estimate of drug-likeness (QED) is 0.844. The molecule has 0 aliphatic carbocycles. The summed E-state index contributed by atoms with van der Waals surface area (Å²) >= 11 is 1.14. The maximum Gasteiger partial charge on any atom is 0.471 e. The van der Waals surface area contributed by atoms with Crippen LogP contribution in [0.1, 0.15) is 10.7 Å². The maximum absolute atomic E-state index is 11.8. The Balaban J connectivity index is 2.38. The van der Waals surface area contributed by atoms with Crippen LogP contribution >= 0.6 is 11.3 Å². The molecule has 1 heterocycles. The lowest BCUT2D eigenvalue weighted by atomic mass is 10.3. The van der Waals surface area contributed by atoms with Crippen LogP contribution in [-0.2, 0) is 22.4 Å². The molecule has 0 saturated heterocycles. The van der Waals surface area contributed by atoms with Gasteiger partial charge in [-0.3, -0.25) is 9.59 Å². The van der Waals surface area contributed by atoms with Gasteiger partial charge in [-0.25, -0.2) is 4.98 Å². The van der Waals surface area contributed by atoms with Crippen LogP contribution in [0.15, 0.2) is 5.38 Å². The molecule has 9 heteroatoms. The summed E-state index contributed by atoms with van der Waals surface area (Å²) in [4.78, 5) is 24.8. The van der Waals surface area contributed by atoms with Gasteiger partial charge < -0.3 is 10.4 Å². The number of thiazole rings is 1. The zero-order valence-electron chi connectivity index (χ0n) is 8.95. The molecule has 1 amide bonds. The summed E-state index contributed by atoms with van der Waals surface area (Å²) in [6, 6.07) is 0. The van der Waals surface area contributed by atoms with Gasteiger partial charge in [0.25, 0.3) is 0 Å². The number of carboxylic acid groups (broad SMARTS) is 1. The van der Waals surface area contributed by atoms with Crippen molar-refractivity contribution in [3.8, 4) is 0 Å². The smallest absolute Gasteiger partial charge is 0.471 e. The minimum Gasteiger partial charge on any atom is -0.481 e. The number of aliphatic carboxylic acids is 1. The molecule has 0 aliphatic heterocycles. The number of hydrogen-bond acceptors (Lipinski definition) is 4. The molecule has 0 fully saturated rings. The van der Waals surface area contributed by atoms with Crippen LogP contribution in [0.2, 0.25) is 0 Å². The third kappa shape index (κ3) is 4.70. The molecular formula is C9H9F3N2O3S. The zero-order chi connectivity index (χ0) is 13.8. The van der Waals surface area contributed by atoms with E-state index in [0.29, 0.717) is 10.7 Å². The minimum atomic E-state index is -4.89. The summed E-state index contributed by atoms with van der Waals surface area (Å²) in [7, 11) is 0. The molecule has 0 saturated carbocycles. The molecule has 0 bridgehead atoms. The van der Waals surface area contributed by atoms with Crippen molar-refractivity contribution in [3.05, 3.63) is 16.1 Å². The average molecular weight is 282 g/mol. The Hall–Kier alpha value is -1.64. The predicted octanol–water partition coefficient (Wildman–Crippen LogP) is 0.991. The molecule has 0 aromatic carbocycles. The van der Waals surface area contributed by atoms with Gasteiger partial charge in [-0.2, -0.15) is 13.2 Å². The molecular weight excluding hydrogens is 273 g/mol. The van der Waals surface area contributed by atoms with Crippen LogP contribution in [0.5, 0.6) is 0 Å². The van der Waals surface area contributed by atoms with Crippen molar-refractivity contribution in [1.82, 2.24) is 10.3 Å². The van der Waals surface area contributed by atoms with Crippen LogP contribution in [-0.4, -0.2) is 34.7 Å². The molecule has 0 spiro atoms.